The number of carbonyl (C=O) groups is 1. The van der Waals surface area contributed by atoms with Crippen LogP contribution in [0.15, 0.2) is 29.6 Å². The molecule has 6 heteroatoms. The van der Waals surface area contributed by atoms with Crippen LogP contribution in [0, 0.1) is 6.92 Å². The second-order valence-corrected chi connectivity index (χ2v) is 5.86. The lowest BCUT2D eigenvalue weighted by Gasteiger charge is -2.20. The Bertz CT molecular complexity index is 627. The molecule has 5 nitrogen and oxygen atoms in total. The normalized spacial score (nSPS) is 11.8. The van der Waals surface area contributed by atoms with Gasteiger partial charge in [-0.25, -0.2) is 9.78 Å². The van der Waals surface area contributed by atoms with E-state index in [0.717, 1.165) is 28.4 Å². The quantitative estimate of drug-likeness (QED) is 0.857. The zero-order valence-electron chi connectivity index (χ0n) is 13.1. The molecular formula is C16H21N3O2S. The smallest absolute Gasteiger partial charge is 0.315 e. The number of aryl methyl sites for hydroxylation is 1. The number of aromatic nitrogens is 1. The van der Waals surface area contributed by atoms with Crippen molar-refractivity contribution in [3.63, 3.8) is 0 Å². The third-order valence-electron chi connectivity index (χ3n) is 3.29. The fourth-order valence-electron chi connectivity index (χ4n) is 2.20. The highest BCUT2D eigenvalue weighted by molar-refractivity contribution is 7.09. The molecule has 1 aromatic carbocycles. The van der Waals surface area contributed by atoms with Gasteiger partial charge in [0.05, 0.1) is 19.7 Å². The molecule has 1 heterocycles. The van der Waals surface area contributed by atoms with Crippen LogP contribution in [0.5, 0.6) is 5.75 Å². The summed E-state index contributed by atoms with van der Waals surface area (Å²) in [5.41, 5.74) is 1.95. The molecule has 2 aromatic rings. The van der Waals surface area contributed by atoms with Gasteiger partial charge < -0.3 is 15.4 Å². The van der Waals surface area contributed by atoms with Crippen molar-refractivity contribution in [3.05, 3.63) is 45.9 Å². The number of hydrogen-bond acceptors (Lipinski definition) is 4. The number of hydrogen-bond donors (Lipinski definition) is 2. The first-order valence-electron chi connectivity index (χ1n) is 7.22. The Morgan fingerprint density at radius 2 is 2.18 bits per heavy atom. The highest BCUT2D eigenvalue weighted by Gasteiger charge is 2.16. The van der Waals surface area contributed by atoms with Gasteiger partial charge in [-0.3, -0.25) is 0 Å². The third-order valence-corrected chi connectivity index (χ3v) is 4.26. The number of carbonyl (C=O) groups excluding carboxylic acids is 1. The zero-order chi connectivity index (χ0) is 15.9. The molecule has 0 spiro atoms. The average molecular weight is 319 g/mol. The van der Waals surface area contributed by atoms with Gasteiger partial charge in [-0.1, -0.05) is 25.1 Å². The minimum absolute atomic E-state index is 0.0887. The number of amides is 2. The Labute approximate surface area is 134 Å². The van der Waals surface area contributed by atoms with Crippen molar-refractivity contribution < 1.29 is 9.53 Å². The van der Waals surface area contributed by atoms with Crippen LogP contribution in [0.4, 0.5) is 4.79 Å². The van der Waals surface area contributed by atoms with Crippen molar-refractivity contribution in [2.75, 3.05) is 7.11 Å². The van der Waals surface area contributed by atoms with E-state index < -0.39 is 0 Å². The molecule has 0 bridgehead atoms. The average Bonchev–Trinajstić information content (AvgIpc) is 2.96. The molecular weight excluding hydrogens is 298 g/mol. The topological polar surface area (TPSA) is 63.2 Å². The second-order valence-electron chi connectivity index (χ2n) is 4.91. The van der Waals surface area contributed by atoms with Crippen LogP contribution in [0.25, 0.3) is 0 Å². The number of ether oxygens (including phenoxy) is 1. The van der Waals surface area contributed by atoms with Gasteiger partial charge in [-0.15, -0.1) is 11.3 Å². The van der Waals surface area contributed by atoms with E-state index in [0.29, 0.717) is 6.54 Å². The fraction of sp³-hybridized carbons (Fsp3) is 0.375. The van der Waals surface area contributed by atoms with E-state index >= 15 is 0 Å². The first-order valence-corrected chi connectivity index (χ1v) is 8.10. The molecule has 1 aromatic heterocycles. The third kappa shape index (κ3) is 4.21. The van der Waals surface area contributed by atoms with Crippen molar-refractivity contribution in [1.29, 1.82) is 0 Å². The van der Waals surface area contributed by atoms with Gasteiger partial charge in [0.1, 0.15) is 10.8 Å². The minimum Gasteiger partial charge on any atom is -0.496 e. The molecule has 2 N–H and O–H groups in total. The Balaban J connectivity index is 1.96. The molecule has 1 unspecified atom stereocenters. The van der Waals surface area contributed by atoms with E-state index in [1.807, 2.05) is 43.5 Å². The van der Waals surface area contributed by atoms with Crippen LogP contribution in [0.3, 0.4) is 0 Å². The number of methoxy groups -OCH3 is 1. The van der Waals surface area contributed by atoms with Gasteiger partial charge in [-0.2, -0.15) is 0 Å². The van der Waals surface area contributed by atoms with Crippen LogP contribution in [-0.4, -0.2) is 18.1 Å². The molecule has 2 amide bonds. The molecule has 0 radical (unpaired) electrons. The van der Waals surface area contributed by atoms with Crippen molar-refractivity contribution >= 4 is 17.4 Å². The van der Waals surface area contributed by atoms with Crippen molar-refractivity contribution in [3.8, 4) is 5.75 Å². The highest BCUT2D eigenvalue weighted by Crippen LogP contribution is 2.26. The number of urea groups is 1. The number of thiazole rings is 1. The summed E-state index contributed by atoms with van der Waals surface area (Å²) in [5, 5.41) is 8.69. The zero-order valence-corrected chi connectivity index (χ0v) is 13.9. The van der Waals surface area contributed by atoms with E-state index in [4.69, 9.17) is 4.74 Å². The maximum absolute atomic E-state index is 12.1. The number of benzene rings is 1. The minimum atomic E-state index is -0.203. The lowest BCUT2D eigenvalue weighted by atomic mass is 10.0. The van der Waals surface area contributed by atoms with E-state index in [1.165, 1.54) is 0 Å². The predicted octanol–water partition coefficient (Wildman–Crippen LogP) is 3.41. The number of nitrogens with one attached hydrogen (secondary N) is 2. The molecule has 0 fully saturated rings. The Morgan fingerprint density at radius 3 is 2.82 bits per heavy atom. The maximum atomic E-state index is 12.1. The predicted molar refractivity (Wildman–Crippen MR) is 88.2 cm³/mol. The van der Waals surface area contributed by atoms with Crippen molar-refractivity contribution in [2.24, 2.45) is 0 Å². The van der Waals surface area contributed by atoms with E-state index in [-0.39, 0.29) is 12.1 Å². The Morgan fingerprint density at radius 1 is 1.41 bits per heavy atom. The van der Waals surface area contributed by atoms with Gasteiger partial charge in [0.2, 0.25) is 0 Å². The number of rotatable bonds is 6. The Hall–Kier alpha value is -2.08. The summed E-state index contributed by atoms with van der Waals surface area (Å²) in [5.74, 6) is 0.783. The number of nitrogens with zero attached hydrogens (tertiary/aromatic N) is 1. The van der Waals surface area contributed by atoms with Gasteiger partial charge in [0.15, 0.2) is 0 Å². The molecule has 0 saturated carbocycles. The molecule has 0 aliphatic heterocycles. The molecule has 0 aliphatic carbocycles. The molecule has 2 rings (SSSR count). The first-order chi connectivity index (χ1) is 10.6. The second kappa shape index (κ2) is 7.79. The van der Waals surface area contributed by atoms with Crippen LogP contribution in [-0.2, 0) is 6.54 Å². The summed E-state index contributed by atoms with van der Waals surface area (Å²) in [6.45, 7) is 4.41. The molecule has 118 valence electrons. The van der Waals surface area contributed by atoms with Crippen LogP contribution < -0.4 is 15.4 Å². The van der Waals surface area contributed by atoms with Crippen molar-refractivity contribution in [1.82, 2.24) is 15.6 Å². The van der Waals surface area contributed by atoms with Crippen LogP contribution >= 0.6 is 11.3 Å². The molecule has 22 heavy (non-hydrogen) atoms. The summed E-state index contributed by atoms with van der Waals surface area (Å²) < 4.78 is 5.36. The van der Waals surface area contributed by atoms with Gasteiger partial charge in [-0.05, 0) is 19.4 Å². The SMILES string of the molecule is CCC(NC(=O)NCc1nc(C)cs1)c1ccccc1OC. The highest BCUT2D eigenvalue weighted by atomic mass is 32.1. The summed E-state index contributed by atoms with van der Waals surface area (Å²) in [6, 6.07) is 7.44. The summed E-state index contributed by atoms with van der Waals surface area (Å²) >= 11 is 1.55. The van der Waals surface area contributed by atoms with Gasteiger partial charge in [0.25, 0.3) is 0 Å². The molecule has 0 aliphatic rings. The van der Waals surface area contributed by atoms with Crippen molar-refractivity contribution in [2.45, 2.75) is 32.9 Å². The summed E-state index contributed by atoms with van der Waals surface area (Å²) in [6.07, 6.45) is 0.782. The molecule has 0 saturated heterocycles. The van der Waals surface area contributed by atoms with E-state index in [1.54, 1.807) is 18.4 Å². The maximum Gasteiger partial charge on any atom is 0.315 e. The summed E-state index contributed by atoms with van der Waals surface area (Å²) in [4.78, 5) is 16.4. The Kier molecular flexibility index (Phi) is 5.77. The standard InChI is InChI=1S/C16H21N3O2S/c1-4-13(12-7-5-6-8-14(12)21-3)19-16(20)17-9-15-18-11(2)10-22-15/h5-8,10,13H,4,9H2,1-3H3,(H2,17,19,20). The van der Waals surface area contributed by atoms with E-state index in [9.17, 15) is 4.79 Å². The first kappa shape index (κ1) is 16.3. The monoisotopic (exact) mass is 319 g/mol. The van der Waals surface area contributed by atoms with Gasteiger partial charge in [0, 0.05) is 16.6 Å². The van der Waals surface area contributed by atoms with Crippen LogP contribution in [0.2, 0.25) is 0 Å². The lowest BCUT2D eigenvalue weighted by molar-refractivity contribution is 0.236. The molecule has 1 atom stereocenters. The van der Waals surface area contributed by atoms with Gasteiger partial charge >= 0.3 is 6.03 Å². The van der Waals surface area contributed by atoms with E-state index in [2.05, 4.69) is 15.6 Å². The summed E-state index contributed by atoms with van der Waals surface area (Å²) in [7, 11) is 1.64. The lowest BCUT2D eigenvalue weighted by Crippen LogP contribution is -2.37. The fourth-order valence-corrected chi connectivity index (χ4v) is 2.91. The van der Waals surface area contributed by atoms with Crippen LogP contribution in [0.1, 0.15) is 35.7 Å². The largest absolute Gasteiger partial charge is 0.496 e. The number of para-hydroxylation sites is 1.